The fourth-order valence-electron chi connectivity index (χ4n) is 1.78. The van der Waals surface area contributed by atoms with Crippen LogP contribution in [0.5, 0.6) is 11.5 Å². The molecule has 2 N–H and O–H groups in total. The molecule has 3 heteroatoms. The van der Waals surface area contributed by atoms with Gasteiger partial charge in [-0.3, -0.25) is 0 Å². The van der Waals surface area contributed by atoms with Crippen LogP contribution in [0.3, 0.4) is 0 Å². The van der Waals surface area contributed by atoms with Gasteiger partial charge in [0.25, 0.3) is 0 Å². The Balaban J connectivity index is 2.38. The number of aryl methyl sites for hydroxylation is 1. The third kappa shape index (κ3) is 1.44. The molecule has 0 amide bonds. The first-order valence-corrected chi connectivity index (χ1v) is 4.83. The van der Waals surface area contributed by atoms with E-state index in [9.17, 15) is 5.11 Å². The summed E-state index contributed by atoms with van der Waals surface area (Å²) >= 11 is 0. The molecule has 1 saturated heterocycles. The summed E-state index contributed by atoms with van der Waals surface area (Å²) in [6, 6.07) is 4.11. The molecule has 1 atom stereocenters. The maximum atomic E-state index is 9.54. The maximum absolute atomic E-state index is 9.54. The Morgan fingerprint density at radius 1 is 1.50 bits per heavy atom. The van der Waals surface area contributed by atoms with Gasteiger partial charge in [0.15, 0.2) is 11.5 Å². The summed E-state index contributed by atoms with van der Waals surface area (Å²) in [6.07, 6.45) is 1.16. The molecular formula is C11H15NO2. The summed E-state index contributed by atoms with van der Waals surface area (Å²) in [5.41, 5.74) is 2.34. The number of rotatable bonds is 2. The lowest BCUT2D eigenvalue weighted by Crippen LogP contribution is -2.35. The zero-order valence-electron chi connectivity index (χ0n) is 8.50. The minimum absolute atomic E-state index is 0.216. The molecule has 1 fully saturated rings. The van der Waals surface area contributed by atoms with E-state index in [-0.39, 0.29) is 5.75 Å². The van der Waals surface area contributed by atoms with Gasteiger partial charge in [-0.1, -0.05) is 0 Å². The molecule has 1 aliphatic rings. The van der Waals surface area contributed by atoms with Gasteiger partial charge in [0.2, 0.25) is 0 Å². The second-order valence-electron chi connectivity index (χ2n) is 3.68. The Kier molecular flexibility index (Phi) is 2.33. The van der Waals surface area contributed by atoms with Gasteiger partial charge in [-0.2, -0.15) is 0 Å². The average Bonchev–Trinajstić information content (AvgIpc) is 2.06. The molecule has 2 rings (SSSR count). The Labute approximate surface area is 83.7 Å². The van der Waals surface area contributed by atoms with E-state index < -0.39 is 0 Å². The fraction of sp³-hybridized carbons (Fsp3) is 0.455. The summed E-state index contributed by atoms with van der Waals surface area (Å²) in [4.78, 5) is 0. The van der Waals surface area contributed by atoms with E-state index in [1.165, 1.54) is 5.56 Å². The molecule has 1 unspecified atom stereocenters. The zero-order valence-corrected chi connectivity index (χ0v) is 8.50. The van der Waals surface area contributed by atoms with Gasteiger partial charge in [-0.05, 0) is 43.1 Å². The summed E-state index contributed by atoms with van der Waals surface area (Å²) in [5.74, 6) is 0.771. The zero-order chi connectivity index (χ0) is 10.1. The number of ether oxygens (including phenoxy) is 1. The van der Waals surface area contributed by atoms with Crippen molar-refractivity contribution in [1.82, 2.24) is 5.32 Å². The van der Waals surface area contributed by atoms with E-state index in [4.69, 9.17) is 4.74 Å². The van der Waals surface area contributed by atoms with Crippen molar-refractivity contribution in [2.75, 3.05) is 13.7 Å². The van der Waals surface area contributed by atoms with Gasteiger partial charge in [-0.25, -0.2) is 0 Å². The highest BCUT2D eigenvalue weighted by molar-refractivity contribution is 5.47. The third-order valence-corrected chi connectivity index (χ3v) is 2.77. The topological polar surface area (TPSA) is 41.5 Å². The predicted molar refractivity (Wildman–Crippen MR) is 54.8 cm³/mol. The van der Waals surface area contributed by atoms with Crippen molar-refractivity contribution < 1.29 is 9.84 Å². The number of nitrogens with one attached hydrogen (secondary N) is 1. The lowest BCUT2D eigenvalue weighted by atomic mass is 9.93. The smallest absolute Gasteiger partial charge is 0.160 e. The summed E-state index contributed by atoms with van der Waals surface area (Å²) in [7, 11) is 1.57. The van der Waals surface area contributed by atoms with Crippen LogP contribution in [0.1, 0.15) is 23.6 Å². The van der Waals surface area contributed by atoms with Crippen molar-refractivity contribution in [3.05, 3.63) is 23.3 Å². The van der Waals surface area contributed by atoms with Crippen molar-refractivity contribution in [3.8, 4) is 11.5 Å². The van der Waals surface area contributed by atoms with Crippen LogP contribution in [-0.4, -0.2) is 18.8 Å². The molecule has 0 saturated carbocycles. The molecule has 0 aromatic heterocycles. The molecule has 1 aromatic carbocycles. The highest BCUT2D eigenvalue weighted by atomic mass is 16.5. The van der Waals surface area contributed by atoms with Crippen LogP contribution < -0.4 is 10.1 Å². The van der Waals surface area contributed by atoms with Crippen LogP contribution in [0.2, 0.25) is 0 Å². The van der Waals surface area contributed by atoms with E-state index in [2.05, 4.69) is 5.32 Å². The van der Waals surface area contributed by atoms with E-state index in [0.717, 1.165) is 18.5 Å². The molecule has 0 aliphatic carbocycles. The normalized spacial score (nSPS) is 20.3. The van der Waals surface area contributed by atoms with Gasteiger partial charge in [0.1, 0.15) is 0 Å². The number of hydrogen-bond donors (Lipinski definition) is 2. The first-order chi connectivity index (χ1) is 6.72. The Morgan fingerprint density at radius 2 is 2.21 bits per heavy atom. The lowest BCUT2D eigenvalue weighted by Gasteiger charge is -2.29. The summed E-state index contributed by atoms with van der Waals surface area (Å²) < 4.78 is 5.08. The average molecular weight is 193 g/mol. The second kappa shape index (κ2) is 3.50. The van der Waals surface area contributed by atoms with Crippen molar-refractivity contribution in [2.24, 2.45) is 0 Å². The van der Waals surface area contributed by atoms with Crippen molar-refractivity contribution in [1.29, 1.82) is 0 Å². The Bertz CT molecular complexity index is 345. The highest BCUT2D eigenvalue weighted by Gasteiger charge is 2.21. The molecule has 0 bridgehead atoms. The van der Waals surface area contributed by atoms with Crippen LogP contribution in [0.15, 0.2) is 12.1 Å². The minimum Gasteiger partial charge on any atom is -0.504 e. The standard InChI is InChI=1S/C11H15NO2/c1-7-5-10(13)11(14-2)6-8(7)9-3-4-12-9/h5-6,9,12-13H,3-4H2,1-2H3. The van der Waals surface area contributed by atoms with Gasteiger partial charge < -0.3 is 15.2 Å². The quantitative estimate of drug-likeness (QED) is 0.751. The van der Waals surface area contributed by atoms with E-state index >= 15 is 0 Å². The van der Waals surface area contributed by atoms with Crippen molar-refractivity contribution in [3.63, 3.8) is 0 Å². The SMILES string of the molecule is COc1cc(C2CCN2)c(C)cc1O. The number of aromatic hydroxyl groups is 1. The first kappa shape index (κ1) is 9.34. The van der Waals surface area contributed by atoms with E-state index in [1.807, 2.05) is 13.0 Å². The molecule has 1 aliphatic heterocycles. The molecule has 3 nitrogen and oxygen atoms in total. The molecular weight excluding hydrogens is 178 g/mol. The molecule has 0 radical (unpaired) electrons. The number of phenolic OH excluding ortho intramolecular Hbond substituents is 1. The fourth-order valence-corrected chi connectivity index (χ4v) is 1.78. The first-order valence-electron chi connectivity index (χ1n) is 4.83. The van der Waals surface area contributed by atoms with Crippen molar-refractivity contribution in [2.45, 2.75) is 19.4 Å². The minimum atomic E-state index is 0.216. The molecule has 1 aromatic rings. The largest absolute Gasteiger partial charge is 0.504 e. The van der Waals surface area contributed by atoms with Crippen LogP contribution in [-0.2, 0) is 0 Å². The number of hydrogen-bond acceptors (Lipinski definition) is 3. The second-order valence-corrected chi connectivity index (χ2v) is 3.68. The Morgan fingerprint density at radius 3 is 2.71 bits per heavy atom. The van der Waals surface area contributed by atoms with E-state index in [0.29, 0.717) is 11.8 Å². The lowest BCUT2D eigenvalue weighted by molar-refractivity contribution is 0.361. The molecule has 0 spiro atoms. The number of phenols is 1. The monoisotopic (exact) mass is 193 g/mol. The van der Waals surface area contributed by atoms with Gasteiger partial charge in [-0.15, -0.1) is 0 Å². The maximum Gasteiger partial charge on any atom is 0.160 e. The van der Waals surface area contributed by atoms with Crippen molar-refractivity contribution >= 4 is 0 Å². The van der Waals surface area contributed by atoms with Crippen LogP contribution in [0, 0.1) is 6.92 Å². The summed E-state index contributed by atoms with van der Waals surface area (Å²) in [5, 5.41) is 12.9. The van der Waals surface area contributed by atoms with Gasteiger partial charge >= 0.3 is 0 Å². The van der Waals surface area contributed by atoms with E-state index in [1.54, 1.807) is 13.2 Å². The van der Waals surface area contributed by atoms with Crippen LogP contribution in [0.4, 0.5) is 0 Å². The van der Waals surface area contributed by atoms with Gasteiger partial charge in [0.05, 0.1) is 7.11 Å². The number of methoxy groups -OCH3 is 1. The predicted octanol–water partition coefficient (Wildman–Crippen LogP) is 1.74. The molecule has 1 heterocycles. The van der Waals surface area contributed by atoms with Crippen LogP contribution in [0.25, 0.3) is 0 Å². The number of benzene rings is 1. The molecule has 76 valence electrons. The molecule has 14 heavy (non-hydrogen) atoms. The summed E-state index contributed by atoms with van der Waals surface area (Å²) in [6.45, 7) is 3.09. The third-order valence-electron chi connectivity index (χ3n) is 2.77. The van der Waals surface area contributed by atoms with Gasteiger partial charge in [0, 0.05) is 6.04 Å². The highest BCUT2D eigenvalue weighted by Crippen LogP contribution is 2.34. The van der Waals surface area contributed by atoms with Crippen LogP contribution >= 0.6 is 0 Å². The Hall–Kier alpha value is -1.22.